The van der Waals surface area contributed by atoms with Crippen LogP contribution in [-0.4, -0.2) is 35.3 Å². The second-order valence-electron chi connectivity index (χ2n) is 2.03. The van der Waals surface area contributed by atoms with Gasteiger partial charge < -0.3 is 0 Å². The molecule has 56 valence electrons. The first-order chi connectivity index (χ1) is 4.24. The van der Waals surface area contributed by atoms with Gasteiger partial charge in [-0.3, -0.25) is 0 Å². The van der Waals surface area contributed by atoms with E-state index in [1.807, 2.05) is 0 Å². The van der Waals surface area contributed by atoms with Crippen molar-refractivity contribution in [1.82, 2.24) is 0 Å². The Balaban J connectivity index is 3.82. The first kappa shape index (κ1) is 9.26. The van der Waals surface area contributed by atoms with Crippen LogP contribution < -0.4 is 0 Å². The summed E-state index contributed by atoms with van der Waals surface area (Å²) in [6, 6.07) is 0. The van der Waals surface area contributed by atoms with Crippen LogP contribution in [0, 0.1) is 0 Å². The first-order valence-electron chi connectivity index (χ1n) is 2.48. The third kappa shape index (κ3) is 2.16. The summed E-state index contributed by atoms with van der Waals surface area (Å²) in [5.41, 5.74) is -4.38. The number of rotatable bonds is 4. The molecule has 0 fully saturated rings. The molecule has 0 heterocycles. The predicted molar refractivity (Wildman–Crippen MR) is 29.7 cm³/mol. The van der Waals surface area contributed by atoms with Gasteiger partial charge in [-0.05, 0) is 0 Å². The maximum atomic E-state index is 11.7. The molecule has 0 aliphatic rings. The van der Waals surface area contributed by atoms with E-state index in [-0.39, 0.29) is 0 Å². The molecule has 9 heavy (non-hydrogen) atoms. The number of hydrogen-bond acceptors (Lipinski definition) is 0. The molecule has 0 aromatic heterocycles. The van der Waals surface area contributed by atoms with Crippen molar-refractivity contribution in [2.45, 2.75) is 0 Å². The summed E-state index contributed by atoms with van der Waals surface area (Å²) in [6.07, 6.45) is 0. The second-order valence-corrected chi connectivity index (χ2v) is 10.6. The standard InChI is InChI=1S/C4H8F4Ge/c5-1-9(2-6,3-7)4-8/h1-4H2. The normalized spacial score (nSPS) is 12.0. The summed E-state index contributed by atoms with van der Waals surface area (Å²) in [6.45, 7) is 0. The molecule has 0 amide bonds. The van der Waals surface area contributed by atoms with Crippen LogP contribution in [0.4, 0.5) is 17.6 Å². The molecule has 0 spiro atoms. The van der Waals surface area contributed by atoms with E-state index in [2.05, 4.69) is 0 Å². The van der Waals surface area contributed by atoms with Gasteiger partial charge in [0.2, 0.25) is 0 Å². The van der Waals surface area contributed by atoms with Gasteiger partial charge in [0.05, 0.1) is 0 Å². The van der Waals surface area contributed by atoms with Crippen LogP contribution in [0.15, 0.2) is 0 Å². The van der Waals surface area contributed by atoms with Gasteiger partial charge in [0.15, 0.2) is 0 Å². The molecular formula is C4H8F4Ge. The van der Waals surface area contributed by atoms with Gasteiger partial charge in [-0.15, -0.1) is 0 Å². The van der Waals surface area contributed by atoms with Crippen molar-refractivity contribution < 1.29 is 17.6 Å². The Morgan fingerprint density at radius 1 is 0.667 bits per heavy atom. The second kappa shape index (κ2) is 4.14. The van der Waals surface area contributed by atoms with E-state index in [4.69, 9.17) is 0 Å². The number of hydrogen-bond donors (Lipinski definition) is 0. The van der Waals surface area contributed by atoms with Crippen LogP contribution in [0.1, 0.15) is 0 Å². The van der Waals surface area contributed by atoms with Gasteiger partial charge in [0, 0.05) is 0 Å². The van der Waals surface area contributed by atoms with Gasteiger partial charge in [0.25, 0.3) is 0 Å². The Labute approximate surface area is 53.6 Å². The minimum absolute atomic E-state index is 1.09. The first-order valence-corrected chi connectivity index (χ1v) is 8.42. The van der Waals surface area contributed by atoms with Crippen LogP contribution >= 0.6 is 0 Å². The topological polar surface area (TPSA) is 0 Å². The van der Waals surface area contributed by atoms with Crippen LogP contribution in [0.25, 0.3) is 0 Å². The Morgan fingerprint density at radius 3 is 0.889 bits per heavy atom. The van der Waals surface area contributed by atoms with Gasteiger partial charge in [0.1, 0.15) is 0 Å². The summed E-state index contributed by atoms with van der Waals surface area (Å²) >= 11 is -3.83. The van der Waals surface area contributed by atoms with Gasteiger partial charge in [-0.1, -0.05) is 0 Å². The molecule has 0 nitrogen and oxygen atoms in total. The fourth-order valence-electron chi connectivity index (χ4n) is 0.214. The third-order valence-electron chi connectivity index (χ3n) is 1.13. The molecule has 0 unspecified atom stereocenters. The van der Waals surface area contributed by atoms with E-state index in [0.29, 0.717) is 0 Å². The fraction of sp³-hybridized carbons (Fsp3) is 1.00. The molecule has 0 saturated carbocycles. The average Bonchev–Trinajstić information content (AvgIpc) is 1.95. The monoisotopic (exact) mass is 206 g/mol. The molecule has 5 heteroatoms. The van der Waals surface area contributed by atoms with E-state index >= 15 is 0 Å². The van der Waals surface area contributed by atoms with Crippen molar-refractivity contribution >= 4 is 13.3 Å². The molecular weight excluding hydrogens is 197 g/mol. The molecule has 0 aromatic carbocycles. The average molecular weight is 205 g/mol. The summed E-state index contributed by atoms with van der Waals surface area (Å²) in [5.74, 6) is 0. The van der Waals surface area contributed by atoms with Gasteiger partial charge in [-0.2, -0.15) is 0 Å². The van der Waals surface area contributed by atoms with Crippen molar-refractivity contribution in [1.29, 1.82) is 0 Å². The molecule has 0 aliphatic carbocycles. The fourth-order valence-corrected chi connectivity index (χ4v) is 1.11. The maximum absolute atomic E-state index is 11.7. The molecule has 0 aliphatic heterocycles. The molecule has 0 rings (SSSR count). The zero-order valence-corrected chi connectivity index (χ0v) is 6.94. The Hall–Kier alpha value is 0.263. The zero-order chi connectivity index (χ0) is 7.33. The van der Waals surface area contributed by atoms with Crippen molar-refractivity contribution in [2.75, 3.05) is 22.0 Å². The quantitative estimate of drug-likeness (QED) is 0.481. The van der Waals surface area contributed by atoms with E-state index in [1.165, 1.54) is 0 Å². The molecule has 0 aromatic rings. The Morgan fingerprint density at radius 2 is 0.889 bits per heavy atom. The molecule has 0 bridgehead atoms. The van der Waals surface area contributed by atoms with Crippen molar-refractivity contribution in [3.8, 4) is 0 Å². The van der Waals surface area contributed by atoms with E-state index < -0.39 is 35.3 Å². The third-order valence-corrected chi connectivity index (χ3v) is 5.89. The molecule has 0 N–H and O–H groups in total. The van der Waals surface area contributed by atoms with Crippen molar-refractivity contribution in [3.05, 3.63) is 0 Å². The SMILES string of the molecule is F[CH2][Ge]([CH2]F)([CH2]F)[CH2]F. The van der Waals surface area contributed by atoms with Crippen LogP contribution in [-0.2, 0) is 0 Å². The van der Waals surface area contributed by atoms with Crippen molar-refractivity contribution in [2.24, 2.45) is 0 Å². The van der Waals surface area contributed by atoms with E-state index in [9.17, 15) is 17.6 Å². The number of alkyl halides is 4. The molecule has 0 saturated heterocycles. The minimum atomic E-state index is -3.83. The van der Waals surface area contributed by atoms with Crippen LogP contribution in [0.5, 0.6) is 0 Å². The summed E-state index contributed by atoms with van der Waals surface area (Å²) in [5, 5.41) is 0. The van der Waals surface area contributed by atoms with Crippen LogP contribution in [0.2, 0.25) is 0 Å². The summed E-state index contributed by atoms with van der Waals surface area (Å²) in [4.78, 5) is 0. The van der Waals surface area contributed by atoms with E-state index in [0.717, 1.165) is 0 Å². The predicted octanol–water partition coefficient (Wildman–Crippen LogP) is 1.47. The van der Waals surface area contributed by atoms with Crippen molar-refractivity contribution in [3.63, 3.8) is 0 Å². The zero-order valence-electron chi connectivity index (χ0n) is 4.84. The molecule has 0 atom stereocenters. The Bertz CT molecular complexity index is 55.5. The molecule has 0 radical (unpaired) electrons. The van der Waals surface area contributed by atoms with Crippen LogP contribution in [0.3, 0.4) is 0 Å². The Kier molecular flexibility index (Phi) is 4.26. The summed E-state index contributed by atoms with van der Waals surface area (Å²) in [7, 11) is 0. The summed E-state index contributed by atoms with van der Waals surface area (Å²) < 4.78 is 46.7. The van der Waals surface area contributed by atoms with E-state index in [1.54, 1.807) is 0 Å². The number of halogens is 4. The van der Waals surface area contributed by atoms with Gasteiger partial charge in [-0.25, -0.2) is 0 Å². The van der Waals surface area contributed by atoms with Gasteiger partial charge >= 0.3 is 52.9 Å².